The molecule has 27 heavy (non-hydrogen) atoms. The Morgan fingerprint density at radius 2 is 1.74 bits per heavy atom. The number of benzene rings is 2. The highest BCUT2D eigenvalue weighted by Gasteiger charge is 2.22. The van der Waals surface area contributed by atoms with E-state index >= 15 is 0 Å². The van der Waals surface area contributed by atoms with E-state index in [2.05, 4.69) is 0 Å². The highest BCUT2D eigenvalue weighted by molar-refractivity contribution is 7.90. The Balaban J connectivity index is 2.38. The summed E-state index contributed by atoms with van der Waals surface area (Å²) in [5.41, 5.74) is 0.714. The average Bonchev–Trinajstić information content (AvgIpc) is 2.58. The van der Waals surface area contributed by atoms with E-state index in [9.17, 15) is 21.6 Å². The zero-order valence-corrected chi connectivity index (χ0v) is 17.3. The molecule has 0 aliphatic rings. The van der Waals surface area contributed by atoms with Crippen molar-refractivity contribution in [1.82, 2.24) is 4.90 Å². The lowest BCUT2D eigenvalue weighted by molar-refractivity contribution is 0.0742. The van der Waals surface area contributed by atoms with Crippen molar-refractivity contribution in [3.63, 3.8) is 0 Å². The molecule has 7 nitrogen and oxygen atoms in total. The fourth-order valence-electron chi connectivity index (χ4n) is 2.48. The summed E-state index contributed by atoms with van der Waals surface area (Å²) in [7, 11) is -5.93. The van der Waals surface area contributed by atoms with E-state index in [-0.39, 0.29) is 20.4 Å². The van der Waals surface area contributed by atoms with Gasteiger partial charge in [0.15, 0.2) is 9.84 Å². The molecule has 0 aromatic heterocycles. The third-order valence-electron chi connectivity index (χ3n) is 4.15. The van der Waals surface area contributed by atoms with Crippen LogP contribution in [0.5, 0.6) is 0 Å². The first kappa shape index (κ1) is 21.4. The summed E-state index contributed by atoms with van der Waals surface area (Å²) >= 11 is 5.91. The van der Waals surface area contributed by atoms with E-state index in [1.807, 2.05) is 0 Å². The Morgan fingerprint density at radius 3 is 2.30 bits per heavy atom. The van der Waals surface area contributed by atoms with Crippen LogP contribution in [-0.2, 0) is 19.9 Å². The molecule has 2 aromatic rings. The van der Waals surface area contributed by atoms with Crippen molar-refractivity contribution in [3.05, 3.63) is 58.6 Å². The second kappa shape index (κ2) is 7.59. The molecule has 0 spiro atoms. The summed E-state index contributed by atoms with van der Waals surface area (Å²) < 4.78 is 46.7. The maximum atomic E-state index is 12.8. The van der Waals surface area contributed by atoms with Crippen molar-refractivity contribution in [3.8, 4) is 0 Å². The van der Waals surface area contributed by atoms with E-state index in [0.29, 0.717) is 5.56 Å². The number of amides is 1. The molecule has 0 aliphatic heterocycles. The van der Waals surface area contributed by atoms with E-state index < -0.39 is 31.8 Å². The van der Waals surface area contributed by atoms with Gasteiger partial charge < -0.3 is 4.90 Å². The topological polar surface area (TPSA) is 115 Å². The number of sulfone groups is 1. The van der Waals surface area contributed by atoms with Gasteiger partial charge >= 0.3 is 0 Å². The number of primary sulfonamides is 1. The lowest BCUT2D eigenvalue weighted by atomic mass is 10.1. The van der Waals surface area contributed by atoms with Crippen LogP contribution in [0.25, 0.3) is 0 Å². The van der Waals surface area contributed by atoms with Crippen molar-refractivity contribution in [2.75, 3.05) is 13.3 Å². The first-order valence-corrected chi connectivity index (χ1v) is 11.5. The summed E-state index contributed by atoms with van der Waals surface area (Å²) in [5, 5.41) is 5.18. The SMILES string of the molecule is CC(c1cccc(S(N)(=O)=O)c1)N(C)C(=O)c1ccc(Cl)c(S(C)(=O)=O)c1. The molecular formula is C17H19ClN2O5S2. The van der Waals surface area contributed by atoms with Gasteiger partial charge in [-0.15, -0.1) is 0 Å². The minimum absolute atomic E-state index is 0.0330. The number of halogens is 1. The van der Waals surface area contributed by atoms with Crippen LogP contribution in [-0.4, -0.2) is 40.9 Å². The number of carbonyl (C=O) groups excluding carboxylic acids is 1. The lowest BCUT2D eigenvalue weighted by Crippen LogP contribution is -2.30. The Hall–Kier alpha value is -1.94. The fourth-order valence-corrected chi connectivity index (χ4v) is 4.34. The molecule has 2 N–H and O–H groups in total. The summed E-state index contributed by atoms with van der Waals surface area (Å²) in [6.45, 7) is 1.72. The van der Waals surface area contributed by atoms with Gasteiger partial charge in [-0.3, -0.25) is 4.79 Å². The monoisotopic (exact) mass is 430 g/mol. The maximum Gasteiger partial charge on any atom is 0.254 e. The molecule has 2 rings (SSSR count). The molecular weight excluding hydrogens is 412 g/mol. The van der Waals surface area contributed by atoms with Crippen LogP contribution >= 0.6 is 11.6 Å². The molecule has 146 valence electrons. The van der Waals surface area contributed by atoms with E-state index in [4.69, 9.17) is 16.7 Å². The van der Waals surface area contributed by atoms with Crippen molar-refractivity contribution in [2.24, 2.45) is 5.14 Å². The number of nitrogens with two attached hydrogens (primary N) is 1. The van der Waals surface area contributed by atoms with Crippen LogP contribution < -0.4 is 5.14 Å². The van der Waals surface area contributed by atoms with Crippen LogP contribution in [0, 0.1) is 0 Å². The highest BCUT2D eigenvalue weighted by Crippen LogP contribution is 2.26. The van der Waals surface area contributed by atoms with Gasteiger partial charge in [0, 0.05) is 18.9 Å². The Bertz CT molecular complexity index is 1100. The van der Waals surface area contributed by atoms with Crippen LogP contribution in [0.15, 0.2) is 52.3 Å². The molecule has 0 heterocycles. The van der Waals surface area contributed by atoms with Gasteiger partial charge in [0.1, 0.15) is 0 Å². The zero-order chi connectivity index (χ0) is 20.6. The number of nitrogens with zero attached hydrogens (tertiary/aromatic N) is 1. The van der Waals surface area contributed by atoms with Crippen molar-refractivity contribution < 1.29 is 21.6 Å². The molecule has 1 unspecified atom stereocenters. The highest BCUT2D eigenvalue weighted by atomic mass is 35.5. The van der Waals surface area contributed by atoms with Gasteiger partial charge in [-0.05, 0) is 42.8 Å². The quantitative estimate of drug-likeness (QED) is 0.780. The van der Waals surface area contributed by atoms with Crippen LogP contribution in [0.2, 0.25) is 5.02 Å². The smallest absolute Gasteiger partial charge is 0.254 e. The number of carbonyl (C=O) groups is 1. The van der Waals surface area contributed by atoms with E-state index in [1.54, 1.807) is 13.0 Å². The van der Waals surface area contributed by atoms with Crippen LogP contribution in [0.3, 0.4) is 0 Å². The number of hydrogen-bond acceptors (Lipinski definition) is 5. The number of rotatable bonds is 5. The Kier molecular flexibility index (Phi) is 6.00. The van der Waals surface area contributed by atoms with Gasteiger partial charge in [-0.1, -0.05) is 23.7 Å². The maximum absolute atomic E-state index is 12.8. The second-order valence-corrected chi connectivity index (χ2v) is 10.1. The number of hydrogen-bond donors (Lipinski definition) is 1. The van der Waals surface area contributed by atoms with Gasteiger partial charge in [-0.2, -0.15) is 0 Å². The Labute approximate surface area is 163 Å². The molecule has 0 bridgehead atoms. The molecule has 1 amide bonds. The predicted octanol–water partition coefficient (Wildman–Crippen LogP) is 2.22. The van der Waals surface area contributed by atoms with Gasteiger partial charge in [0.25, 0.3) is 5.91 Å². The van der Waals surface area contributed by atoms with Crippen LogP contribution in [0.1, 0.15) is 28.9 Å². The molecule has 0 radical (unpaired) electrons. The van der Waals surface area contributed by atoms with E-state index in [1.165, 1.54) is 48.3 Å². The van der Waals surface area contributed by atoms with Crippen molar-refractivity contribution in [1.29, 1.82) is 0 Å². The lowest BCUT2D eigenvalue weighted by Gasteiger charge is -2.26. The first-order valence-electron chi connectivity index (χ1n) is 7.72. The largest absolute Gasteiger partial charge is 0.335 e. The second-order valence-electron chi connectivity index (χ2n) is 6.13. The average molecular weight is 431 g/mol. The summed E-state index contributed by atoms with van der Waals surface area (Å²) in [5.74, 6) is -0.440. The third kappa shape index (κ3) is 4.86. The summed E-state index contributed by atoms with van der Waals surface area (Å²) in [6, 6.07) is 9.49. The molecule has 2 aromatic carbocycles. The third-order valence-corrected chi connectivity index (χ3v) is 6.64. The molecule has 0 fully saturated rings. The van der Waals surface area contributed by atoms with Gasteiger partial charge in [0.05, 0.1) is 20.9 Å². The number of sulfonamides is 1. The van der Waals surface area contributed by atoms with Crippen LogP contribution in [0.4, 0.5) is 0 Å². The molecule has 0 aliphatic carbocycles. The standard InChI is InChI=1S/C17H19ClN2O5S2/c1-11(12-5-4-6-14(9-12)27(19,24)25)20(2)17(21)13-7-8-15(18)16(10-13)26(3,22)23/h4-11H,1-3H3,(H2,19,24,25). The van der Waals surface area contributed by atoms with Gasteiger partial charge in [-0.25, -0.2) is 22.0 Å². The molecule has 10 heteroatoms. The molecule has 0 saturated carbocycles. The molecule has 1 atom stereocenters. The molecule has 0 saturated heterocycles. The predicted molar refractivity (Wildman–Crippen MR) is 103 cm³/mol. The minimum Gasteiger partial charge on any atom is -0.335 e. The minimum atomic E-state index is -3.87. The fraction of sp³-hybridized carbons (Fsp3) is 0.235. The Morgan fingerprint density at radius 1 is 1.11 bits per heavy atom. The zero-order valence-electron chi connectivity index (χ0n) is 14.9. The van der Waals surface area contributed by atoms with Gasteiger partial charge in [0.2, 0.25) is 10.0 Å². The van der Waals surface area contributed by atoms with Crippen molar-refractivity contribution in [2.45, 2.75) is 22.8 Å². The van der Waals surface area contributed by atoms with E-state index in [0.717, 1.165) is 6.26 Å². The first-order chi connectivity index (χ1) is 12.3. The summed E-state index contributed by atoms with van der Waals surface area (Å²) in [4.78, 5) is 14.0. The normalized spacial score (nSPS) is 13.2. The summed E-state index contributed by atoms with van der Waals surface area (Å²) in [6.07, 6.45) is 1.01. The van der Waals surface area contributed by atoms with Crippen molar-refractivity contribution >= 4 is 37.4 Å².